The van der Waals surface area contributed by atoms with Crippen molar-refractivity contribution in [1.29, 1.82) is 0 Å². The largest absolute Gasteiger partial charge is 0.459 e. The van der Waals surface area contributed by atoms with Crippen LogP contribution in [-0.4, -0.2) is 35.6 Å². The number of nitrogens with zero attached hydrogens (tertiary/aromatic N) is 2. The van der Waals surface area contributed by atoms with Crippen LogP contribution >= 0.6 is 0 Å². The molecule has 1 unspecified atom stereocenters. The van der Waals surface area contributed by atoms with Crippen molar-refractivity contribution in [3.8, 4) is 0 Å². The predicted octanol–water partition coefficient (Wildman–Crippen LogP) is 2.02. The topological polar surface area (TPSA) is 98.7 Å². The average molecular weight is 321 g/mol. The Bertz CT molecular complexity index is 610. The Hall–Kier alpha value is -2.15. The Kier molecular flexibility index (Phi) is 4.89. The molecule has 1 aliphatic heterocycles. The number of carbonyl (C=O) groups excluding carboxylic acids is 1. The van der Waals surface area contributed by atoms with E-state index in [0.717, 1.165) is 24.2 Å². The standard InChI is InChI=1S/C16H23N3O4/c1-16(2,3)23-15(20)13(17)7-9-18-8-6-11-4-5-12(19(21)22)10-14(11)18/h4-5,10,13H,6-9,17H2,1-3H3. The first-order valence-corrected chi connectivity index (χ1v) is 7.68. The van der Waals surface area contributed by atoms with Crippen LogP contribution in [0.1, 0.15) is 32.8 Å². The zero-order chi connectivity index (χ0) is 17.2. The molecule has 23 heavy (non-hydrogen) atoms. The number of rotatable bonds is 5. The number of ether oxygens (including phenoxy) is 1. The fraction of sp³-hybridized carbons (Fsp3) is 0.562. The fourth-order valence-corrected chi connectivity index (χ4v) is 2.57. The van der Waals surface area contributed by atoms with Crippen LogP contribution < -0.4 is 10.6 Å². The minimum Gasteiger partial charge on any atom is -0.459 e. The second kappa shape index (κ2) is 6.54. The van der Waals surface area contributed by atoms with E-state index in [0.29, 0.717) is 13.0 Å². The summed E-state index contributed by atoms with van der Waals surface area (Å²) in [5.74, 6) is -0.420. The van der Waals surface area contributed by atoms with E-state index in [1.54, 1.807) is 32.9 Å². The van der Waals surface area contributed by atoms with Crippen LogP contribution in [0.25, 0.3) is 0 Å². The Morgan fingerprint density at radius 3 is 2.78 bits per heavy atom. The zero-order valence-electron chi connectivity index (χ0n) is 13.7. The SMILES string of the molecule is CC(C)(C)OC(=O)C(N)CCN1CCc2ccc([N+](=O)[O-])cc21. The molecule has 0 spiro atoms. The summed E-state index contributed by atoms with van der Waals surface area (Å²) in [4.78, 5) is 24.4. The number of nitro groups is 1. The van der Waals surface area contributed by atoms with Gasteiger partial charge in [0.15, 0.2) is 0 Å². The molecule has 1 aliphatic rings. The number of fused-ring (bicyclic) bond motifs is 1. The lowest BCUT2D eigenvalue weighted by Gasteiger charge is -2.24. The first-order valence-electron chi connectivity index (χ1n) is 7.68. The van der Waals surface area contributed by atoms with Gasteiger partial charge in [0.2, 0.25) is 0 Å². The number of carbonyl (C=O) groups is 1. The summed E-state index contributed by atoms with van der Waals surface area (Å²) in [5, 5.41) is 10.9. The van der Waals surface area contributed by atoms with E-state index < -0.39 is 22.5 Å². The van der Waals surface area contributed by atoms with Crippen molar-refractivity contribution in [2.24, 2.45) is 5.73 Å². The van der Waals surface area contributed by atoms with Crippen molar-refractivity contribution in [1.82, 2.24) is 0 Å². The van der Waals surface area contributed by atoms with Crippen molar-refractivity contribution in [2.45, 2.75) is 45.3 Å². The highest BCUT2D eigenvalue weighted by atomic mass is 16.6. The van der Waals surface area contributed by atoms with Gasteiger partial charge >= 0.3 is 5.97 Å². The second-order valence-corrected chi connectivity index (χ2v) is 6.74. The summed E-state index contributed by atoms with van der Waals surface area (Å²) in [5.41, 5.74) is 7.35. The van der Waals surface area contributed by atoms with Crippen molar-refractivity contribution >= 4 is 17.3 Å². The Morgan fingerprint density at radius 1 is 1.48 bits per heavy atom. The van der Waals surface area contributed by atoms with E-state index in [1.807, 2.05) is 4.90 Å². The lowest BCUT2D eigenvalue weighted by molar-refractivity contribution is -0.384. The molecule has 1 heterocycles. The van der Waals surface area contributed by atoms with Gasteiger partial charge in [0.1, 0.15) is 11.6 Å². The smallest absolute Gasteiger partial charge is 0.323 e. The summed E-state index contributed by atoms with van der Waals surface area (Å²) >= 11 is 0. The highest BCUT2D eigenvalue weighted by molar-refractivity contribution is 5.76. The van der Waals surface area contributed by atoms with Crippen LogP contribution in [-0.2, 0) is 16.0 Å². The zero-order valence-corrected chi connectivity index (χ0v) is 13.7. The maximum absolute atomic E-state index is 11.9. The first-order chi connectivity index (χ1) is 10.7. The molecule has 7 heteroatoms. The second-order valence-electron chi connectivity index (χ2n) is 6.74. The van der Waals surface area contributed by atoms with Gasteiger partial charge in [0, 0.05) is 30.9 Å². The summed E-state index contributed by atoms with van der Waals surface area (Å²) in [6.07, 6.45) is 1.28. The third-order valence-electron chi connectivity index (χ3n) is 3.69. The number of non-ortho nitro benzene ring substituents is 1. The van der Waals surface area contributed by atoms with Crippen molar-refractivity contribution < 1.29 is 14.5 Å². The maximum atomic E-state index is 11.9. The van der Waals surface area contributed by atoms with Crippen LogP contribution in [0.3, 0.4) is 0 Å². The van der Waals surface area contributed by atoms with Gasteiger partial charge in [0.25, 0.3) is 5.69 Å². The molecule has 0 aromatic heterocycles. The number of hydrogen-bond acceptors (Lipinski definition) is 6. The molecule has 0 fully saturated rings. The molecule has 0 bridgehead atoms. The molecule has 1 atom stereocenters. The van der Waals surface area contributed by atoms with Gasteiger partial charge in [-0.15, -0.1) is 0 Å². The quantitative estimate of drug-likeness (QED) is 0.506. The van der Waals surface area contributed by atoms with Gasteiger partial charge in [0.05, 0.1) is 4.92 Å². The maximum Gasteiger partial charge on any atom is 0.323 e. The molecule has 0 saturated carbocycles. The normalized spacial score (nSPS) is 15.2. The summed E-state index contributed by atoms with van der Waals surface area (Å²) < 4.78 is 5.26. The lowest BCUT2D eigenvalue weighted by Crippen LogP contribution is -2.39. The van der Waals surface area contributed by atoms with Gasteiger partial charge in [-0.1, -0.05) is 6.07 Å². The Morgan fingerprint density at radius 2 is 2.17 bits per heavy atom. The van der Waals surface area contributed by atoms with Crippen molar-refractivity contribution in [3.05, 3.63) is 33.9 Å². The molecule has 7 nitrogen and oxygen atoms in total. The molecule has 126 valence electrons. The molecular weight excluding hydrogens is 298 g/mol. The molecule has 2 rings (SSSR count). The third-order valence-corrected chi connectivity index (χ3v) is 3.69. The molecule has 1 aromatic rings. The Labute approximate surface area is 135 Å². The number of hydrogen-bond donors (Lipinski definition) is 1. The van der Waals surface area contributed by atoms with Crippen molar-refractivity contribution in [2.75, 3.05) is 18.0 Å². The van der Waals surface area contributed by atoms with Gasteiger partial charge in [-0.3, -0.25) is 14.9 Å². The summed E-state index contributed by atoms with van der Waals surface area (Å²) in [6.45, 7) is 6.74. The van der Waals surface area contributed by atoms with Gasteiger partial charge in [-0.2, -0.15) is 0 Å². The van der Waals surface area contributed by atoms with Crippen LogP contribution in [0.15, 0.2) is 18.2 Å². The summed E-state index contributed by atoms with van der Waals surface area (Å²) in [7, 11) is 0. The van der Waals surface area contributed by atoms with Crippen LogP contribution in [0.2, 0.25) is 0 Å². The molecule has 0 amide bonds. The average Bonchev–Trinajstić information content (AvgIpc) is 2.85. The highest BCUT2D eigenvalue weighted by Crippen LogP contribution is 2.31. The number of benzene rings is 1. The lowest BCUT2D eigenvalue weighted by atomic mass is 10.1. The predicted molar refractivity (Wildman–Crippen MR) is 87.5 cm³/mol. The first kappa shape index (κ1) is 17.2. The summed E-state index contributed by atoms with van der Waals surface area (Å²) in [6, 6.07) is 4.20. The van der Waals surface area contributed by atoms with E-state index in [9.17, 15) is 14.9 Å². The number of nitro benzene ring substituents is 1. The van der Waals surface area contributed by atoms with Crippen LogP contribution in [0.4, 0.5) is 11.4 Å². The van der Waals surface area contributed by atoms with Gasteiger partial charge < -0.3 is 15.4 Å². The van der Waals surface area contributed by atoms with Crippen molar-refractivity contribution in [3.63, 3.8) is 0 Å². The van der Waals surface area contributed by atoms with E-state index in [-0.39, 0.29) is 5.69 Å². The molecule has 0 radical (unpaired) electrons. The fourth-order valence-electron chi connectivity index (χ4n) is 2.57. The highest BCUT2D eigenvalue weighted by Gasteiger charge is 2.25. The number of nitrogens with two attached hydrogens (primary N) is 1. The number of anilines is 1. The van der Waals surface area contributed by atoms with Gasteiger partial charge in [-0.05, 0) is 39.2 Å². The van der Waals surface area contributed by atoms with Crippen LogP contribution in [0.5, 0.6) is 0 Å². The molecular formula is C16H23N3O4. The minimum absolute atomic E-state index is 0.0760. The monoisotopic (exact) mass is 321 g/mol. The van der Waals surface area contributed by atoms with E-state index in [1.165, 1.54) is 6.07 Å². The molecule has 0 aliphatic carbocycles. The minimum atomic E-state index is -0.697. The third kappa shape index (κ3) is 4.41. The molecule has 0 saturated heterocycles. The molecule has 2 N–H and O–H groups in total. The molecule has 1 aromatic carbocycles. The number of esters is 1. The van der Waals surface area contributed by atoms with Gasteiger partial charge in [-0.25, -0.2) is 0 Å². The van der Waals surface area contributed by atoms with E-state index >= 15 is 0 Å². The Balaban J connectivity index is 1.97. The van der Waals surface area contributed by atoms with E-state index in [2.05, 4.69) is 0 Å². The van der Waals surface area contributed by atoms with Crippen LogP contribution in [0, 0.1) is 10.1 Å². The van der Waals surface area contributed by atoms with E-state index in [4.69, 9.17) is 10.5 Å².